The van der Waals surface area contributed by atoms with Crippen LogP contribution in [0.1, 0.15) is 24.8 Å². The molecule has 0 bridgehead atoms. The highest BCUT2D eigenvalue weighted by Crippen LogP contribution is 2.31. The van der Waals surface area contributed by atoms with Gasteiger partial charge in [-0.25, -0.2) is 19.6 Å². The van der Waals surface area contributed by atoms with E-state index in [-0.39, 0.29) is 24.5 Å². The minimum Gasteiger partial charge on any atom is -0.497 e. The van der Waals surface area contributed by atoms with E-state index in [0.29, 0.717) is 24.8 Å². The largest absolute Gasteiger partial charge is 0.497 e. The number of likely N-dealkylation sites (tertiary alicyclic amines) is 1. The Labute approximate surface area is 169 Å². The lowest BCUT2D eigenvalue weighted by molar-refractivity contribution is 0.0175. The minimum atomic E-state index is -2.76. The average Bonchev–Trinajstić information content (AvgIpc) is 3.45. The van der Waals surface area contributed by atoms with Crippen LogP contribution >= 0.6 is 0 Å². The summed E-state index contributed by atoms with van der Waals surface area (Å²) in [7, 11) is 1.60. The molecular weight excluding hydrogens is 378 g/mol. The normalized spacial score (nSPS) is 19.7. The van der Waals surface area contributed by atoms with E-state index in [1.165, 1.54) is 9.91 Å². The quantitative estimate of drug-likeness (QED) is 0.299. The van der Waals surface area contributed by atoms with Crippen molar-refractivity contribution in [3.8, 4) is 5.75 Å². The van der Waals surface area contributed by atoms with Gasteiger partial charge in [-0.05, 0) is 43.2 Å². The van der Waals surface area contributed by atoms with Crippen LogP contribution in [0, 0.1) is 5.92 Å². The third-order valence-corrected chi connectivity index (χ3v) is 5.08. The number of nitrogens with zero attached hydrogens (tertiary/aromatic N) is 4. The molecule has 3 rings (SSSR count). The Morgan fingerprint density at radius 1 is 1.34 bits per heavy atom. The van der Waals surface area contributed by atoms with Crippen LogP contribution in [-0.4, -0.2) is 55.1 Å². The van der Waals surface area contributed by atoms with E-state index in [0.717, 1.165) is 24.2 Å². The molecule has 1 saturated carbocycles. The molecule has 4 N–H and O–H groups in total. The zero-order valence-electron chi connectivity index (χ0n) is 16.7. The smallest absolute Gasteiger partial charge is 0.266 e. The highest BCUT2D eigenvalue weighted by atomic mass is 19.3. The molecule has 29 heavy (non-hydrogen) atoms. The summed E-state index contributed by atoms with van der Waals surface area (Å²) < 4.78 is 32.7. The maximum atomic E-state index is 13.8. The van der Waals surface area contributed by atoms with E-state index < -0.39 is 12.5 Å². The molecule has 1 saturated heterocycles. The molecule has 9 heteroatoms. The summed E-state index contributed by atoms with van der Waals surface area (Å²) in [6.45, 7) is 4.21. The number of hydrogen-bond acceptors (Lipinski definition) is 6. The number of methoxy groups -OCH3 is 1. The monoisotopic (exact) mass is 406 g/mol. The Morgan fingerprint density at radius 2 is 2.03 bits per heavy atom. The second kappa shape index (κ2) is 8.77. The number of hydrazine groups is 1. The van der Waals surface area contributed by atoms with E-state index in [4.69, 9.17) is 16.3 Å². The van der Waals surface area contributed by atoms with Crippen molar-refractivity contribution < 1.29 is 13.5 Å². The highest BCUT2D eigenvalue weighted by molar-refractivity contribution is 5.98. The standard InChI is InChI=1S/C20H28F2N6O/c1-25-18(28(24)12-15-5-7-16(29-2)8-6-15)17(23)19(26-11-14-3-4-14)27-10-9-20(21,22)13-27/h5-8,14H,1,3-4,9-13,23-24H2,2H3/b18-17-,26-19+. The van der Waals surface area contributed by atoms with Crippen LogP contribution in [0.2, 0.25) is 0 Å². The number of aliphatic imine (C=N–C) groups is 2. The predicted octanol–water partition coefficient (Wildman–Crippen LogP) is 2.35. The van der Waals surface area contributed by atoms with Gasteiger partial charge in [0, 0.05) is 19.5 Å². The molecule has 2 fully saturated rings. The zero-order valence-corrected chi connectivity index (χ0v) is 16.7. The third-order valence-electron chi connectivity index (χ3n) is 5.08. The van der Waals surface area contributed by atoms with Crippen LogP contribution in [0.3, 0.4) is 0 Å². The SMILES string of the molecule is C=N/C(=C(N)\C(=N/CC1CC1)N1CCC(F)(F)C1)N(N)Cc1ccc(OC)cc1. The van der Waals surface area contributed by atoms with Crippen molar-refractivity contribution in [1.82, 2.24) is 9.91 Å². The van der Waals surface area contributed by atoms with Gasteiger partial charge in [0.2, 0.25) is 0 Å². The van der Waals surface area contributed by atoms with Crippen molar-refractivity contribution in [1.29, 1.82) is 0 Å². The predicted molar refractivity (Wildman–Crippen MR) is 110 cm³/mol. The van der Waals surface area contributed by atoms with Gasteiger partial charge in [0.25, 0.3) is 5.92 Å². The fourth-order valence-corrected chi connectivity index (χ4v) is 3.22. The lowest BCUT2D eigenvalue weighted by Gasteiger charge is -2.25. The third kappa shape index (κ3) is 5.44. The molecule has 1 aliphatic heterocycles. The first-order valence-corrected chi connectivity index (χ1v) is 9.62. The molecule has 0 amide bonds. The number of amidine groups is 1. The van der Waals surface area contributed by atoms with Gasteiger partial charge >= 0.3 is 0 Å². The number of ether oxygens (including phenoxy) is 1. The first-order chi connectivity index (χ1) is 13.8. The number of halogens is 2. The first-order valence-electron chi connectivity index (χ1n) is 9.62. The Bertz CT molecular complexity index is 789. The van der Waals surface area contributed by atoms with Crippen LogP contribution in [-0.2, 0) is 6.54 Å². The molecule has 7 nitrogen and oxygen atoms in total. The average molecular weight is 406 g/mol. The van der Waals surface area contributed by atoms with Crippen molar-refractivity contribution >= 4 is 12.6 Å². The molecule has 0 aromatic heterocycles. The number of benzene rings is 1. The number of rotatable bonds is 8. The molecule has 1 aromatic carbocycles. The summed E-state index contributed by atoms with van der Waals surface area (Å²) in [5.74, 6) is 5.21. The summed E-state index contributed by atoms with van der Waals surface area (Å²) in [5, 5.41) is 1.35. The van der Waals surface area contributed by atoms with Crippen molar-refractivity contribution in [3.63, 3.8) is 0 Å². The van der Waals surface area contributed by atoms with Crippen LogP contribution in [0.15, 0.2) is 45.8 Å². The maximum Gasteiger partial charge on any atom is 0.266 e. The fourth-order valence-electron chi connectivity index (χ4n) is 3.22. The van der Waals surface area contributed by atoms with Crippen LogP contribution in [0.25, 0.3) is 0 Å². The molecule has 1 aromatic rings. The molecule has 0 radical (unpaired) electrons. The summed E-state index contributed by atoms with van der Waals surface area (Å²) >= 11 is 0. The minimum absolute atomic E-state index is 0.161. The van der Waals surface area contributed by atoms with Crippen molar-refractivity contribution in [2.75, 3.05) is 26.7 Å². The number of hydrogen-bond donors (Lipinski definition) is 2. The molecule has 2 aliphatic rings. The molecule has 1 heterocycles. The maximum absolute atomic E-state index is 13.8. The topological polar surface area (TPSA) is 92.5 Å². The van der Waals surface area contributed by atoms with Crippen LogP contribution in [0.5, 0.6) is 5.75 Å². The van der Waals surface area contributed by atoms with E-state index in [2.05, 4.69) is 16.7 Å². The van der Waals surface area contributed by atoms with Gasteiger partial charge in [-0.15, -0.1) is 0 Å². The summed E-state index contributed by atoms with van der Waals surface area (Å²) in [4.78, 5) is 10.0. The molecule has 158 valence electrons. The lowest BCUT2D eigenvalue weighted by Crippen LogP contribution is -2.39. The molecular formula is C20H28F2N6O. The number of alkyl halides is 2. The van der Waals surface area contributed by atoms with E-state index in [9.17, 15) is 8.78 Å². The summed E-state index contributed by atoms with van der Waals surface area (Å²) in [6, 6.07) is 7.40. The van der Waals surface area contributed by atoms with Gasteiger partial charge in [0.15, 0.2) is 11.7 Å². The van der Waals surface area contributed by atoms with Gasteiger partial charge < -0.3 is 15.4 Å². The molecule has 0 atom stereocenters. The van der Waals surface area contributed by atoms with E-state index >= 15 is 0 Å². The second-order valence-electron chi connectivity index (χ2n) is 7.51. The van der Waals surface area contributed by atoms with Crippen molar-refractivity contribution in [2.24, 2.45) is 27.5 Å². The van der Waals surface area contributed by atoms with Gasteiger partial charge in [0.05, 0.1) is 20.2 Å². The van der Waals surface area contributed by atoms with Crippen molar-refractivity contribution in [2.45, 2.75) is 31.7 Å². The Balaban J connectivity index is 1.82. The lowest BCUT2D eigenvalue weighted by atomic mass is 10.2. The summed E-state index contributed by atoms with van der Waals surface area (Å²) in [6.07, 6.45) is 1.98. The number of nitrogens with two attached hydrogens (primary N) is 2. The van der Waals surface area contributed by atoms with Crippen LogP contribution < -0.4 is 16.3 Å². The molecule has 0 unspecified atom stereocenters. The first kappa shape index (κ1) is 21.0. The van der Waals surface area contributed by atoms with Gasteiger partial charge in [-0.3, -0.25) is 10.0 Å². The Kier molecular flexibility index (Phi) is 6.36. The highest BCUT2D eigenvalue weighted by Gasteiger charge is 2.40. The van der Waals surface area contributed by atoms with Gasteiger partial charge in [0.1, 0.15) is 11.4 Å². The van der Waals surface area contributed by atoms with Crippen molar-refractivity contribution in [3.05, 3.63) is 41.3 Å². The Morgan fingerprint density at radius 3 is 2.55 bits per heavy atom. The Hall–Kier alpha value is -2.68. The van der Waals surface area contributed by atoms with Gasteiger partial charge in [-0.1, -0.05) is 12.1 Å². The van der Waals surface area contributed by atoms with E-state index in [1.807, 2.05) is 24.3 Å². The van der Waals surface area contributed by atoms with E-state index in [1.54, 1.807) is 7.11 Å². The fraction of sp³-hybridized carbons (Fsp3) is 0.500. The van der Waals surface area contributed by atoms with Gasteiger partial charge in [-0.2, -0.15) is 0 Å². The van der Waals surface area contributed by atoms with Crippen LogP contribution in [0.4, 0.5) is 8.78 Å². The second-order valence-corrected chi connectivity index (χ2v) is 7.51. The molecule has 1 aliphatic carbocycles. The zero-order chi connectivity index (χ0) is 21.0. The summed E-state index contributed by atoms with van der Waals surface area (Å²) in [5.41, 5.74) is 7.40. The molecule has 0 spiro atoms.